The molecule has 2 fully saturated rings. The molecule has 3 aliphatic rings. The van der Waals surface area contributed by atoms with E-state index in [1.54, 1.807) is 7.11 Å². The first-order valence-electron chi connectivity index (χ1n) is 21.9. The molecule has 5 heterocycles. The third-order valence-electron chi connectivity index (χ3n) is 13.4. The van der Waals surface area contributed by atoms with E-state index in [2.05, 4.69) is 69.1 Å². The topological polar surface area (TPSA) is 204 Å². The third kappa shape index (κ3) is 7.47. The normalized spacial score (nSPS) is 20.0. The first-order chi connectivity index (χ1) is 30.8. The van der Waals surface area contributed by atoms with E-state index < -0.39 is 23.9 Å². The number of imidazole rings is 2. The zero-order chi connectivity index (χ0) is 45.0. The predicted molar refractivity (Wildman–Crippen MR) is 241 cm³/mol. The number of carboxylic acid groups (broad SMARTS) is 1. The fourth-order valence-corrected chi connectivity index (χ4v) is 10.1. The molecule has 3 amide bonds. The van der Waals surface area contributed by atoms with Crippen molar-refractivity contribution in [1.29, 1.82) is 0 Å². The maximum absolute atomic E-state index is 13.7. The number of likely N-dealkylation sites (tertiary alicyclic amines) is 2. The summed E-state index contributed by atoms with van der Waals surface area (Å²) in [4.78, 5) is 71.4. The van der Waals surface area contributed by atoms with Crippen LogP contribution in [0, 0.1) is 17.8 Å². The highest BCUT2D eigenvalue weighted by Crippen LogP contribution is 2.45. The van der Waals surface area contributed by atoms with Crippen LogP contribution in [0.2, 0.25) is 0 Å². The highest BCUT2D eigenvalue weighted by Gasteiger charge is 2.50. The molecule has 0 spiro atoms. The average Bonchev–Trinajstić information content (AvgIpc) is 4.11. The molecule has 9 rings (SSSR count). The van der Waals surface area contributed by atoms with Crippen molar-refractivity contribution in [2.24, 2.45) is 17.8 Å². The molecule has 3 aliphatic heterocycles. The molecule has 2 saturated heterocycles. The Labute approximate surface area is 370 Å². The standard InChI is InChI=1S/C48H54N8O8/c1-25(2)41(53-47(61)63-6)45(58)55-15-7-8-38(55)43-49-35-13-10-29(19-37(35)51-43)28-9-12-32-31(17-28)23-64-40-20-33-30(18-34(32)40)11-14-36-42(33)52-44(50-36)39-16-27(22-62-5)21-56(39)48(24-57,26(3)4)54-46(59)60/h9-14,17-20,24-27,38-39,41,54H,7-8,15-16,21-23H2,1-6H3,(H,49,51)(H,50,52)(H,53,61)(H,59,60)/t27-,38-,39-,41?,48+/m0/s1. The van der Waals surface area contributed by atoms with Gasteiger partial charge in [-0.25, -0.2) is 19.6 Å². The molecule has 16 nitrogen and oxygen atoms in total. The van der Waals surface area contributed by atoms with Gasteiger partial charge in [-0.3, -0.25) is 19.8 Å². The number of nitrogens with one attached hydrogen (secondary N) is 4. The van der Waals surface area contributed by atoms with E-state index in [4.69, 9.17) is 24.2 Å². The summed E-state index contributed by atoms with van der Waals surface area (Å²) in [6, 6.07) is 19.5. The molecule has 64 heavy (non-hydrogen) atoms. The summed E-state index contributed by atoms with van der Waals surface area (Å²) in [5, 5.41) is 17.0. The van der Waals surface area contributed by atoms with Gasteiger partial charge in [0.2, 0.25) is 5.91 Å². The molecule has 16 heteroatoms. The average molecular weight is 871 g/mol. The van der Waals surface area contributed by atoms with Crippen molar-refractivity contribution in [2.45, 2.75) is 77.4 Å². The third-order valence-corrected chi connectivity index (χ3v) is 13.4. The fourth-order valence-electron chi connectivity index (χ4n) is 10.1. The van der Waals surface area contributed by atoms with Crippen molar-refractivity contribution in [3.8, 4) is 28.0 Å². The van der Waals surface area contributed by atoms with Crippen LogP contribution in [0.3, 0.4) is 0 Å². The van der Waals surface area contributed by atoms with Crippen molar-refractivity contribution in [2.75, 3.05) is 33.9 Å². The molecular formula is C48H54N8O8. The van der Waals surface area contributed by atoms with E-state index in [1.807, 2.05) is 49.6 Å². The molecule has 0 saturated carbocycles. The molecule has 0 radical (unpaired) electrons. The minimum Gasteiger partial charge on any atom is -0.488 e. The second-order valence-corrected chi connectivity index (χ2v) is 18.0. The number of aromatic nitrogens is 4. The van der Waals surface area contributed by atoms with Gasteiger partial charge in [0.1, 0.15) is 30.0 Å². The summed E-state index contributed by atoms with van der Waals surface area (Å²) in [6.07, 6.45) is 1.03. The van der Waals surface area contributed by atoms with Crippen molar-refractivity contribution in [3.63, 3.8) is 0 Å². The zero-order valence-electron chi connectivity index (χ0n) is 36.9. The molecule has 1 unspecified atom stereocenters. The molecular weight excluding hydrogens is 817 g/mol. The van der Waals surface area contributed by atoms with Crippen LogP contribution in [0.4, 0.5) is 9.59 Å². The highest BCUT2D eigenvalue weighted by molar-refractivity contribution is 6.07. The van der Waals surface area contributed by atoms with Crippen LogP contribution in [0.15, 0.2) is 60.7 Å². The van der Waals surface area contributed by atoms with Crippen LogP contribution in [-0.4, -0.2) is 105 Å². The van der Waals surface area contributed by atoms with E-state index in [0.717, 1.165) is 85.1 Å². The van der Waals surface area contributed by atoms with Crippen LogP contribution in [0.25, 0.3) is 55.1 Å². The second-order valence-electron chi connectivity index (χ2n) is 18.0. The number of alkyl carbamates (subject to hydrolysis) is 1. The number of benzene rings is 4. The van der Waals surface area contributed by atoms with Gasteiger partial charge in [-0.05, 0) is 101 Å². The Morgan fingerprint density at radius 1 is 0.953 bits per heavy atom. The number of nitrogens with zero attached hydrogens (tertiary/aromatic N) is 4. The number of carbonyl (C=O) groups is 4. The Kier molecular flexibility index (Phi) is 11.3. The van der Waals surface area contributed by atoms with Gasteiger partial charge < -0.3 is 39.5 Å². The molecule has 4 aromatic carbocycles. The quantitative estimate of drug-likeness (QED) is 0.0755. The molecule has 0 bridgehead atoms. The number of ether oxygens (including phenoxy) is 3. The van der Waals surface area contributed by atoms with Gasteiger partial charge in [-0.2, -0.15) is 0 Å². The number of hydrogen-bond donors (Lipinski definition) is 5. The van der Waals surface area contributed by atoms with Crippen LogP contribution in [-0.2, 0) is 25.7 Å². The maximum atomic E-state index is 13.7. The lowest BCUT2D eigenvalue weighted by Gasteiger charge is -2.43. The van der Waals surface area contributed by atoms with Gasteiger partial charge in [0.25, 0.3) is 0 Å². The smallest absolute Gasteiger partial charge is 0.407 e. The summed E-state index contributed by atoms with van der Waals surface area (Å²) in [7, 11) is 2.93. The van der Waals surface area contributed by atoms with E-state index in [1.165, 1.54) is 7.11 Å². The van der Waals surface area contributed by atoms with Crippen molar-refractivity contribution in [1.82, 2.24) is 40.4 Å². The van der Waals surface area contributed by atoms with E-state index in [0.29, 0.717) is 44.8 Å². The minimum absolute atomic E-state index is 0.0605. The maximum Gasteiger partial charge on any atom is 0.407 e. The van der Waals surface area contributed by atoms with Crippen LogP contribution < -0.4 is 15.4 Å². The number of aromatic amines is 2. The predicted octanol–water partition coefficient (Wildman–Crippen LogP) is 7.69. The van der Waals surface area contributed by atoms with Crippen molar-refractivity contribution < 1.29 is 38.5 Å². The molecule has 6 aromatic rings. The summed E-state index contributed by atoms with van der Waals surface area (Å²) >= 11 is 0. The lowest BCUT2D eigenvalue weighted by molar-refractivity contribution is -0.135. The Bertz CT molecular complexity index is 2800. The molecule has 2 aromatic heterocycles. The van der Waals surface area contributed by atoms with Crippen LogP contribution >= 0.6 is 0 Å². The van der Waals surface area contributed by atoms with Crippen LogP contribution in [0.1, 0.15) is 76.3 Å². The highest BCUT2D eigenvalue weighted by atomic mass is 16.5. The van der Waals surface area contributed by atoms with Crippen molar-refractivity contribution >= 4 is 57.2 Å². The minimum atomic E-state index is -1.46. The largest absolute Gasteiger partial charge is 0.488 e. The number of H-pyrrole nitrogens is 2. The van der Waals surface area contributed by atoms with E-state index >= 15 is 0 Å². The fraction of sp³-hybridized carbons (Fsp3) is 0.417. The SMILES string of the molecule is COC[C@H]1C[C@@H](c2nc3ccc4cc5c(cc4c3[nH]2)OCc2cc(-c3ccc4nc([C@@H]6CCCN6C(=O)C(NC(=O)OC)C(C)C)[nH]c4c3)ccc2-5)N([C@@](C=O)(NC(=O)O)C(C)C)C1. The van der Waals surface area contributed by atoms with Gasteiger partial charge in [-0.15, -0.1) is 0 Å². The van der Waals surface area contributed by atoms with Crippen molar-refractivity contribution in [3.05, 3.63) is 77.9 Å². The zero-order valence-corrected chi connectivity index (χ0v) is 36.9. The second kappa shape index (κ2) is 16.9. The number of amides is 3. The summed E-state index contributed by atoms with van der Waals surface area (Å²) < 4.78 is 16.8. The number of rotatable bonds is 12. The number of aldehydes is 1. The first kappa shape index (κ1) is 42.8. The summed E-state index contributed by atoms with van der Waals surface area (Å²) in [5.41, 5.74) is 7.00. The molecule has 5 N–H and O–H groups in total. The monoisotopic (exact) mass is 870 g/mol. The summed E-state index contributed by atoms with van der Waals surface area (Å²) in [6.45, 7) is 9.36. The number of fused-ring (bicyclic) bond motifs is 7. The number of methoxy groups -OCH3 is 2. The molecule has 334 valence electrons. The molecule has 0 aliphatic carbocycles. The van der Waals surface area contributed by atoms with Crippen LogP contribution in [0.5, 0.6) is 5.75 Å². The Hall–Kier alpha value is -6.52. The van der Waals surface area contributed by atoms with Gasteiger partial charge in [0.15, 0.2) is 11.9 Å². The Morgan fingerprint density at radius 3 is 2.44 bits per heavy atom. The van der Waals surface area contributed by atoms with Gasteiger partial charge in [-0.1, -0.05) is 52.0 Å². The number of carbonyl (C=O) groups excluding carboxylic acids is 3. The van der Waals surface area contributed by atoms with E-state index in [9.17, 15) is 24.3 Å². The number of hydrogen-bond acceptors (Lipinski definition) is 10. The van der Waals surface area contributed by atoms with E-state index in [-0.39, 0.29) is 35.7 Å². The Balaban J connectivity index is 0.990. The molecule has 5 atom stereocenters. The van der Waals surface area contributed by atoms with Gasteiger partial charge in [0.05, 0.1) is 47.9 Å². The lowest BCUT2D eigenvalue weighted by atomic mass is 9.91. The van der Waals surface area contributed by atoms with Gasteiger partial charge >= 0.3 is 12.2 Å². The summed E-state index contributed by atoms with van der Waals surface area (Å²) in [5.74, 6) is 1.57. The van der Waals surface area contributed by atoms with Gasteiger partial charge in [0, 0.05) is 31.1 Å². The lowest BCUT2D eigenvalue weighted by Crippen LogP contribution is -2.64. The Morgan fingerprint density at radius 2 is 1.70 bits per heavy atom. The first-order valence-corrected chi connectivity index (χ1v) is 21.9.